The van der Waals surface area contributed by atoms with Crippen LogP contribution in [0.1, 0.15) is 54.5 Å². The predicted octanol–water partition coefficient (Wildman–Crippen LogP) is 3.80. The molecule has 4 rings (SSSR count). The van der Waals surface area contributed by atoms with E-state index < -0.39 is 0 Å². The van der Waals surface area contributed by atoms with Crippen LogP contribution in [0, 0.1) is 5.92 Å². The number of ether oxygens (including phenoxy) is 1. The molecule has 0 radical (unpaired) electrons. The zero-order chi connectivity index (χ0) is 21.1. The molecule has 0 spiro atoms. The van der Waals surface area contributed by atoms with Gasteiger partial charge in [0, 0.05) is 19.5 Å². The van der Waals surface area contributed by atoms with E-state index in [0.29, 0.717) is 13.1 Å². The Kier molecular flexibility index (Phi) is 6.07. The number of carbonyl (C=O) groups is 2. The molecule has 2 unspecified atom stereocenters. The molecule has 2 atom stereocenters. The number of likely N-dealkylation sites (tertiary alicyclic amines) is 1. The van der Waals surface area contributed by atoms with Crippen LogP contribution < -0.4 is 10.1 Å². The quantitative estimate of drug-likeness (QED) is 0.794. The summed E-state index contributed by atoms with van der Waals surface area (Å²) in [4.78, 5) is 27.1. The molecule has 158 valence electrons. The molecule has 5 heteroatoms. The summed E-state index contributed by atoms with van der Waals surface area (Å²) in [7, 11) is 1.63. The minimum absolute atomic E-state index is 0.0346. The highest BCUT2D eigenvalue weighted by atomic mass is 16.5. The first-order valence-electron chi connectivity index (χ1n) is 10.9. The van der Waals surface area contributed by atoms with Crippen LogP contribution in [0.5, 0.6) is 5.75 Å². The summed E-state index contributed by atoms with van der Waals surface area (Å²) >= 11 is 0. The van der Waals surface area contributed by atoms with Gasteiger partial charge in [-0.1, -0.05) is 30.3 Å². The lowest BCUT2D eigenvalue weighted by molar-refractivity contribution is -0.129. The van der Waals surface area contributed by atoms with Crippen LogP contribution in [0.15, 0.2) is 42.5 Å². The standard InChI is InChI=1S/C25H30N2O3/c1-17(20-10-9-19-5-3-4-6-21(19)13-20)26-25(29)22-14-24(28)27(16-22)15-18-7-11-23(30-2)12-8-18/h7-13,17,22H,3-6,14-16H2,1-2H3,(H,26,29). The lowest BCUT2D eigenvalue weighted by Crippen LogP contribution is -2.34. The Labute approximate surface area is 178 Å². The zero-order valence-electron chi connectivity index (χ0n) is 17.8. The topological polar surface area (TPSA) is 58.6 Å². The van der Waals surface area contributed by atoms with Gasteiger partial charge < -0.3 is 15.0 Å². The van der Waals surface area contributed by atoms with Crippen molar-refractivity contribution < 1.29 is 14.3 Å². The lowest BCUT2D eigenvalue weighted by Gasteiger charge is -2.21. The lowest BCUT2D eigenvalue weighted by atomic mass is 9.89. The average Bonchev–Trinajstić information content (AvgIpc) is 3.14. The van der Waals surface area contributed by atoms with Crippen LogP contribution in [0.2, 0.25) is 0 Å². The van der Waals surface area contributed by atoms with Gasteiger partial charge in [-0.3, -0.25) is 9.59 Å². The molecule has 5 nitrogen and oxygen atoms in total. The maximum atomic E-state index is 12.8. The van der Waals surface area contributed by atoms with Crippen molar-refractivity contribution in [3.8, 4) is 5.75 Å². The maximum absolute atomic E-state index is 12.8. The number of hydrogen-bond acceptors (Lipinski definition) is 3. The van der Waals surface area contributed by atoms with Crippen molar-refractivity contribution in [2.24, 2.45) is 5.92 Å². The predicted molar refractivity (Wildman–Crippen MR) is 116 cm³/mol. The summed E-state index contributed by atoms with van der Waals surface area (Å²) in [5.41, 5.74) is 5.04. The molecular formula is C25H30N2O3. The SMILES string of the molecule is COc1ccc(CN2CC(C(=O)NC(C)c3ccc4c(c3)CCCC4)CC2=O)cc1. The fourth-order valence-electron chi connectivity index (χ4n) is 4.49. The second-order valence-corrected chi connectivity index (χ2v) is 8.49. The van der Waals surface area contributed by atoms with Gasteiger partial charge in [0.2, 0.25) is 11.8 Å². The van der Waals surface area contributed by atoms with Gasteiger partial charge in [0.05, 0.1) is 19.1 Å². The minimum atomic E-state index is -0.296. The largest absolute Gasteiger partial charge is 0.497 e. The molecule has 1 N–H and O–H groups in total. The number of rotatable bonds is 6. The van der Waals surface area contributed by atoms with Gasteiger partial charge >= 0.3 is 0 Å². The molecule has 1 aliphatic heterocycles. The number of benzene rings is 2. The van der Waals surface area contributed by atoms with Crippen LogP contribution in [0.4, 0.5) is 0 Å². The van der Waals surface area contributed by atoms with Crippen LogP contribution in [-0.4, -0.2) is 30.4 Å². The van der Waals surface area contributed by atoms with Crippen molar-refractivity contribution in [3.05, 3.63) is 64.7 Å². The third kappa shape index (κ3) is 4.50. The smallest absolute Gasteiger partial charge is 0.225 e. The van der Waals surface area contributed by atoms with Crippen LogP contribution in [0.3, 0.4) is 0 Å². The molecule has 0 aromatic heterocycles. The molecule has 2 aliphatic rings. The fraction of sp³-hybridized carbons (Fsp3) is 0.440. The first-order valence-corrected chi connectivity index (χ1v) is 10.9. The van der Waals surface area contributed by atoms with E-state index in [1.54, 1.807) is 12.0 Å². The summed E-state index contributed by atoms with van der Waals surface area (Å²) < 4.78 is 5.18. The Morgan fingerprint density at radius 2 is 1.87 bits per heavy atom. The van der Waals surface area contributed by atoms with E-state index in [0.717, 1.165) is 29.7 Å². The zero-order valence-corrected chi connectivity index (χ0v) is 17.8. The van der Waals surface area contributed by atoms with Crippen LogP contribution in [0.25, 0.3) is 0 Å². The van der Waals surface area contributed by atoms with Gasteiger partial charge in [0.1, 0.15) is 5.75 Å². The van der Waals surface area contributed by atoms with Gasteiger partial charge in [0.25, 0.3) is 0 Å². The second-order valence-electron chi connectivity index (χ2n) is 8.49. The minimum Gasteiger partial charge on any atom is -0.497 e. The number of fused-ring (bicyclic) bond motifs is 1. The van der Waals surface area contributed by atoms with E-state index in [1.165, 1.54) is 24.0 Å². The molecule has 1 heterocycles. The summed E-state index contributed by atoms with van der Waals surface area (Å²) in [5.74, 6) is 0.494. The number of nitrogens with zero attached hydrogens (tertiary/aromatic N) is 1. The van der Waals surface area contributed by atoms with Crippen molar-refractivity contribution in [2.45, 2.75) is 51.6 Å². The highest BCUT2D eigenvalue weighted by molar-refractivity contribution is 5.89. The van der Waals surface area contributed by atoms with Gasteiger partial charge in [-0.25, -0.2) is 0 Å². The van der Waals surface area contributed by atoms with E-state index >= 15 is 0 Å². The number of aryl methyl sites for hydroxylation is 2. The maximum Gasteiger partial charge on any atom is 0.225 e. The number of carbonyl (C=O) groups excluding carboxylic acids is 2. The van der Waals surface area contributed by atoms with E-state index in [9.17, 15) is 9.59 Å². The molecule has 1 saturated heterocycles. The Hall–Kier alpha value is -2.82. The van der Waals surface area contributed by atoms with Gasteiger partial charge in [0.15, 0.2) is 0 Å². The Morgan fingerprint density at radius 1 is 1.13 bits per heavy atom. The highest BCUT2D eigenvalue weighted by Crippen LogP contribution is 2.26. The summed E-state index contributed by atoms with van der Waals surface area (Å²) in [6, 6.07) is 14.2. The number of hydrogen-bond donors (Lipinski definition) is 1. The van der Waals surface area contributed by atoms with Gasteiger partial charge in [-0.15, -0.1) is 0 Å². The molecule has 0 bridgehead atoms. The van der Waals surface area contributed by atoms with Crippen molar-refractivity contribution >= 4 is 11.8 Å². The molecule has 0 saturated carbocycles. The number of amides is 2. The Balaban J connectivity index is 1.35. The average molecular weight is 407 g/mol. The first kappa shape index (κ1) is 20.5. The number of methoxy groups -OCH3 is 1. The second kappa shape index (κ2) is 8.90. The number of nitrogens with one attached hydrogen (secondary N) is 1. The molecule has 2 amide bonds. The molecular weight excluding hydrogens is 376 g/mol. The van der Waals surface area contributed by atoms with Crippen molar-refractivity contribution in [1.29, 1.82) is 0 Å². The van der Waals surface area contributed by atoms with E-state index in [4.69, 9.17) is 4.74 Å². The summed E-state index contributed by atoms with van der Waals surface area (Å²) in [6.07, 6.45) is 5.07. The van der Waals surface area contributed by atoms with Gasteiger partial charge in [-0.2, -0.15) is 0 Å². The third-order valence-corrected chi connectivity index (χ3v) is 6.35. The highest BCUT2D eigenvalue weighted by Gasteiger charge is 2.34. The summed E-state index contributed by atoms with van der Waals surface area (Å²) in [5, 5.41) is 3.13. The van der Waals surface area contributed by atoms with E-state index in [-0.39, 0.29) is 30.2 Å². The van der Waals surface area contributed by atoms with E-state index in [1.807, 2.05) is 31.2 Å². The Morgan fingerprint density at radius 3 is 2.60 bits per heavy atom. The Bertz CT molecular complexity index is 922. The molecule has 2 aromatic rings. The first-order chi connectivity index (χ1) is 14.5. The van der Waals surface area contributed by atoms with E-state index in [2.05, 4.69) is 23.5 Å². The van der Waals surface area contributed by atoms with Crippen molar-refractivity contribution in [1.82, 2.24) is 10.2 Å². The third-order valence-electron chi connectivity index (χ3n) is 6.35. The van der Waals surface area contributed by atoms with Crippen LogP contribution >= 0.6 is 0 Å². The fourth-order valence-corrected chi connectivity index (χ4v) is 4.49. The molecule has 2 aromatic carbocycles. The molecule has 1 aliphatic carbocycles. The van der Waals surface area contributed by atoms with Crippen molar-refractivity contribution in [3.63, 3.8) is 0 Å². The van der Waals surface area contributed by atoms with Gasteiger partial charge in [-0.05, 0) is 67.0 Å². The molecule has 1 fully saturated rings. The van der Waals surface area contributed by atoms with Crippen LogP contribution in [-0.2, 0) is 29.0 Å². The molecule has 30 heavy (non-hydrogen) atoms. The summed E-state index contributed by atoms with van der Waals surface area (Å²) in [6.45, 7) is 3.01. The monoisotopic (exact) mass is 406 g/mol. The normalized spacial score (nSPS) is 19.3. The van der Waals surface area contributed by atoms with Crippen molar-refractivity contribution in [2.75, 3.05) is 13.7 Å².